The van der Waals surface area contributed by atoms with Crippen LogP contribution < -0.4 is 10.6 Å². The van der Waals surface area contributed by atoms with Crippen LogP contribution in [0.1, 0.15) is 30.1 Å². The predicted molar refractivity (Wildman–Crippen MR) is 78.8 cm³/mol. The number of nitrogen functional groups attached to an aromatic ring is 1. The van der Waals surface area contributed by atoms with Crippen molar-refractivity contribution in [2.45, 2.75) is 19.8 Å². The van der Waals surface area contributed by atoms with Crippen molar-refractivity contribution in [2.75, 3.05) is 36.9 Å². The Morgan fingerprint density at radius 1 is 1.55 bits per heavy atom. The molecule has 0 aromatic heterocycles. The van der Waals surface area contributed by atoms with Crippen LogP contribution in [0.5, 0.6) is 0 Å². The predicted octanol–water partition coefficient (Wildman–Crippen LogP) is 1.65. The summed E-state index contributed by atoms with van der Waals surface area (Å²) in [7, 11) is 0. The summed E-state index contributed by atoms with van der Waals surface area (Å²) in [6.07, 6.45) is 2.05. The van der Waals surface area contributed by atoms with Crippen LogP contribution in [-0.2, 0) is 4.74 Å². The maximum Gasteiger partial charge on any atom is 0.340 e. The van der Waals surface area contributed by atoms with Crippen LogP contribution in [-0.4, -0.2) is 37.4 Å². The van der Waals surface area contributed by atoms with Crippen molar-refractivity contribution in [2.24, 2.45) is 5.92 Å². The van der Waals surface area contributed by atoms with E-state index in [4.69, 9.17) is 10.5 Å². The number of piperidine rings is 1. The fourth-order valence-corrected chi connectivity index (χ4v) is 2.65. The largest absolute Gasteiger partial charge is 0.462 e. The van der Waals surface area contributed by atoms with Gasteiger partial charge in [-0.2, -0.15) is 0 Å². The van der Waals surface area contributed by atoms with E-state index < -0.39 is 0 Å². The van der Waals surface area contributed by atoms with Crippen LogP contribution in [0, 0.1) is 5.92 Å². The quantitative estimate of drug-likeness (QED) is 0.647. The molecule has 3 N–H and O–H groups in total. The fourth-order valence-electron chi connectivity index (χ4n) is 2.65. The van der Waals surface area contributed by atoms with E-state index in [1.807, 2.05) is 12.1 Å². The SMILES string of the molecule is CCOC(=O)c1cccc(N2CCCC(CO)C2)c1N. The van der Waals surface area contributed by atoms with Gasteiger partial charge in [-0.1, -0.05) is 6.07 Å². The van der Waals surface area contributed by atoms with Gasteiger partial charge in [0.25, 0.3) is 0 Å². The van der Waals surface area contributed by atoms with Crippen LogP contribution >= 0.6 is 0 Å². The van der Waals surface area contributed by atoms with Gasteiger partial charge in [-0.15, -0.1) is 0 Å². The van der Waals surface area contributed by atoms with Crippen molar-refractivity contribution in [3.63, 3.8) is 0 Å². The number of rotatable bonds is 4. The fraction of sp³-hybridized carbons (Fsp3) is 0.533. The Hall–Kier alpha value is -1.75. The summed E-state index contributed by atoms with van der Waals surface area (Å²) in [4.78, 5) is 14.0. The second kappa shape index (κ2) is 6.61. The van der Waals surface area contributed by atoms with Gasteiger partial charge in [-0.25, -0.2) is 4.79 Å². The molecule has 1 atom stereocenters. The second-order valence-corrected chi connectivity index (χ2v) is 5.10. The summed E-state index contributed by atoms with van der Waals surface area (Å²) in [5.74, 6) is -0.114. The van der Waals surface area contributed by atoms with Crippen LogP contribution in [0.25, 0.3) is 0 Å². The van der Waals surface area contributed by atoms with E-state index in [1.165, 1.54) is 0 Å². The molecule has 1 unspecified atom stereocenters. The van der Waals surface area contributed by atoms with Crippen molar-refractivity contribution in [1.29, 1.82) is 0 Å². The molecule has 0 bridgehead atoms. The molecule has 1 fully saturated rings. The molecular formula is C15H22N2O3. The van der Waals surface area contributed by atoms with E-state index in [0.717, 1.165) is 31.6 Å². The Balaban J connectivity index is 2.24. The summed E-state index contributed by atoms with van der Waals surface area (Å²) in [5.41, 5.74) is 7.86. The monoisotopic (exact) mass is 278 g/mol. The lowest BCUT2D eigenvalue weighted by molar-refractivity contribution is 0.0527. The van der Waals surface area contributed by atoms with Gasteiger partial charge in [0.05, 0.1) is 23.5 Å². The molecule has 0 amide bonds. The number of aliphatic hydroxyl groups excluding tert-OH is 1. The number of nitrogens with two attached hydrogens (primary N) is 1. The highest BCUT2D eigenvalue weighted by molar-refractivity contribution is 5.98. The van der Waals surface area contributed by atoms with Gasteiger partial charge in [0.15, 0.2) is 0 Å². The molecule has 20 heavy (non-hydrogen) atoms. The minimum Gasteiger partial charge on any atom is -0.462 e. The van der Waals surface area contributed by atoms with Crippen LogP contribution in [0.3, 0.4) is 0 Å². The van der Waals surface area contributed by atoms with E-state index in [-0.39, 0.29) is 18.5 Å². The Labute approximate surface area is 119 Å². The number of carbonyl (C=O) groups excluding carboxylic acids is 1. The number of aliphatic hydroxyl groups is 1. The van der Waals surface area contributed by atoms with E-state index >= 15 is 0 Å². The van der Waals surface area contributed by atoms with Gasteiger partial charge in [0.2, 0.25) is 0 Å². The molecule has 1 heterocycles. The minimum absolute atomic E-state index is 0.188. The van der Waals surface area contributed by atoms with E-state index in [2.05, 4.69) is 4.90 Å². The molecule has 1 aromatic carbocycles. The number of carbonyl (C=O) groups is 1. The summed E-state index contributed by atoms with van der Waals surface area (Å²) in [5, 5.41) is 9.31. The zero-order valence-corrected chi connectivity index (χ0v) is 11.8. The highest BCUT2D eigenvalue weighted by atomic mass is 16.5. The topological polar surface area (TPSA) is 75.8 Å². The lowest BCUT2D eigenvalue weighted by atomic mass is 9.98. The zero-order chi connectivity index (χ0) is 14.5. The maximum atomic E-state index is 11.9. The zero-order valence-electron chi connectivity index (χ0n) is 11.8. The van der Waals surface area contributed by atoms with Gasteiger partial charge in [-0.3, -0.25) is 0 Å². The minimum atomic E-state index is -0.387. The van der Waals surface area contributed by atoms with Gasteiger partial charge >= 0.3 is 5.97 Å². The number of hydrogen-bond acceptors (Lipinski definition) is 5. The standard InChI is InChI=1S/C15H22N2O3/c1-2-20-15(19)12-6-3-7-13(14(12)16)17-8-4-5-11(9-17)10-18/h3,6-7,11,18H,2,4-5,8-10,16H2,1H3. The average Bonchev–Trinajstić information content (AvgIpc) is 2.47. The summed E-state index contributed by atoms with van der Waals surface area (Å²) >= 11 is 0. The number of esters is 1. The van der Waals surface area contributed by atoms with Crippen molar-refractivity contribution >= 4 is 17.3 Å². The Morgan fingerprint density at radius 3 is 3.05 bits per heavy atom. The molecule has 0 saturated carbocycles. The Bertz CT molecular complexity index is 476. The number of anilines is 2. The summed E-state index contributed by atoms with van der Waals surface area (Å²) in [6.45, 7) is 3.96. The van der Waals surface area contributed by atoms with Gasteiger partial charge < -0.3 is 20.5 Å². The molecule has 1 aliphatic heterocycles. The van der Waals surface area contributed by atoms with E-state index in [0.29, 0.717) is 17.9 Å². The number of para-hydroxylation sites is 1. The number of hydrogen-bond donors (Lipinski definition) is 2. The first-order chi connectivity index (χ1) is 9.67. The lowest BCUT2D eigenvalue weighted by Gasteiger charge is -2.34. The van der Waals surface area contributed by atoms with E-state index in [1.54, 1.807) is 13.0 Å². The molecule has 1 aromatic rings. The summed E-state index contributed by atoms with van der Waals surface area (Å²) < 4.78 is 5.02. The molecule has 0 radical (unpaired) electrons. The molecule has 0 spiro atoms. The third kappa shape index (κ3) is 3.04. The van der Waals surface area contributed by atoms with E-state index in [9.17, 15) is 9.90 Å². The number of benzene rings is 1. The third-order valence-corrected chi connectivity index (χ3v) is 3.70. The Kier molecular flexibility index (Phi) is 4.84. The van der Waals surface area contributed by atoms with Crippen LogP contribution in [0.2, 0.25) is 0 Å². The van der Waals surface area contributed by atoms with Crippen LogP contribution in [0.15, 0.2) is 18.2 Å². The number of nitrogens with zero attached hydrogens (tertiary/aromatic N) is 1. The van der Waals surface area contributed by atoms with Crippen molar-refractivity contribution in [1.82, 2.24) is 0 Å². The Morgan fingerprint density at radius 2 is 2.35 bits per heavy atom. The normalized spacial score (nSPS) is 18.9. The first kappa shape index (κ1) is 14.7. The molecule has 0 aliphatic carbocycles. The molecule has 5 heteroatoms. The maximum absolute atomic E-state index is 11.9. The van der Waals surface area contributed by atoms with Crippen molar-refractivity contribution in [3.8, 4) is 0 Å². The average molecular weight is 278 g/mol. The highest BCUT2D eigenvalue weighted by Crippen LogP contribution is 2.30. The number of ether oxygens (including phenoxy) is 1. The smallest absolute Gasteiger partial charge is 0.340 e. The molecular weight excluding hydrogens is 256 g/mol. The molecule has 110 valence electrons. The molecule has 2 rings (SSSR count). The second-order valence-electron chi connectivity index (χ2n) is 5.10. The van der Waals surface area contributed by atoms with Crippen LogP contribution in [0.4, 0.5) is 11.4 Å². The molecule has 1 aliphatic rings. The van der Waals surface area contributed by atoms with Gasteiger partial charge in [0.1, 0.15) is 0 Å². The molecule has 1 saturated heterocycles. The molecule has 5 nitrogen and oxygen atoms in total. The highest BCUT2D eigenvalue weighted by Gasteiger charge is 2.23. The first-order valence-corrected chi connectivity index (χ1v) is 7.08. The first-order valence-electron chi connectivity index (χ1n) is 7.08. The van der Waals surface area contributed by atoms with Gasteiger partial charge in [-0.05, 0) is 37.8 Å². The summed E-state index contributed by atoms with van der Waals surface area (Å²) in [6, 6.07) is 5.42. The van der Waals surface area contributed by atoms with Crippen molar-refractivity contribution < 1.29 is 14.6 Å². The third-order valence-electron chi connectivity index (χ3n) is 3.70. The van der Waals surface area contributed by atoms with Gasteiger partial charge in [0, 0.05) is 19.7 Å². The lowest BCUT2D eigenvalue weighted by Crippen LogP contribution is -2.37. The van der Waals surface area contributed by atoms with Crippen molar-refractivity contribution in [3.05, 3.63) is 23.8 Å².